The van der Waals surface area contributed by atoms with Crippen LogP contribution < -0.4 is 0 Å². The van der Waals surface area contributed by atoms with Gasteiger partial charge >= 0.3 is 0 Å². The zero-order valence-electron chi connectivity index (χ0n) is 11.8. The van der Waals surface area contributed by atoms with Gasteiger partial charge in [0.25, 0.3) is 0 Å². The molecule has 6 nitrogen and oxygen atoms in total. The van der Waals surface area contributed by atoms with Gasteiger partial charge in [0.2, 0.25) is 0 Å². The average molecular weight is 297 g/mol. The molecule has 1 unspecified atom stereocenters. The molecule has 21 heavy (non-hydrogen) atoms. The van der Waals surface area contributed by atoms with Crippen LogP contribution in [-0.4, -0.2) is 74.2 Å². The molecule has 1 heterocycles. The van der Waals surface area contributed by atoms with Crippen molar-refractivity contribution in [2.45, 2.75) is 43.4 Å². The SMILES string of the molecule is OC[C@@H]1[C@H](O)[C@H](O)[C@@H](O)C(O)N1CCCc1ccccc1. The van der Waals surface area contributed by atoms with Crippen LogP contribution in [0.5, 0.6) is 0 Å². The van der Waals surface area contributed by atoms with Crippen LogP contribution >= 0.6 is 0 Å². The van der Waals surface area contributed by atoms with E-state index in [0.29, 0.717) is 13.0 Å². The maximum absolute atomic E-state index is 10.0. The molecule has 6 heteroatoms. The van der Waals surface area contributed by atoms with Gasteiger partial charge in [-0.25, -0.2) is 0 Å². The van der Waals surface area contributed by atoms with Gasteiger partial charge in [0.05, 0.1) is 12.6 Å². The summed E-state index contributed by atoms with van der Waals surface area (Å²) in [6.07, 6.45) is -3.99. The first-order valence-corrected chi connectivity index (χ1v) is 7.19. The average Bonchev–Trinajstić information content (AvgIpc) is 2.51. The van der Waals surface area contributed by atoms with Crippen LogP contribution in [-0.2, 0) is 6.42 Å². The highest BCUT2D eigenvalue weighted by molar-refractivity contribution is 5.14. The number of aliphatic hydroxyl groups excluding tert-OH is 5. The Labute approximate surface area is 123 Å². The molecule has 5 N–H and O–H groups in total. The first-order valence-electron chi connectivity index (χ1n) is 7.19. The minimum absolute atomic E-state index is 0.395. The van der Waals surface area contributed by atoms with Crippen molar-refractivity contribution in [2.24, 2.45) is 0 Å². The third-order valence-corrected chi connectivity index (χ3v) is 4.08. The van der Waals surface area contributed by atoms with Gasteiger partial charge in [0.1, 0.15) is 24.5 Å². The van der Waals surface area contributed by atoms with E-state index in [4.69, 9.17) is 0 Å². The second kappa shape index (κ2) is 7.31. The van der Waals surface area contributed by atoms with Crippen molar-refractivity contribution < 1.29 is 25.5 Å². The van der Waals surface area contributed by atoms with Gasteiger partial charge in [0.15, 0.2) is 0 Å². The quantitative estimate of drug-likeness (QED) is 0.463. The van der Waals surface area contributed by atoms with Crippen molar-refractivity contribution in [1.82, 2.24) is 4.90 Å². The minimum Gasteiger partial charge on any atom is -0.395 e. The Bertz CT molecular complexity index is 429. The van der Waals surface area contributed by atoms with E-state index >= 15 is 0 Å². The molecule has 2 rings (SSSR count). The van der Waals surface area contributed by atoms with Crippen molar-refractivity contribution in [3.8, 4) is 0 Å². The van der Waals surface area contributed by atoms with E-state index in [9.17, 15) is 25.5 Å². The van der Waals surface area contributed by atoms with Gasteiger partial charge in [-0.15, -0.1) is 0 Å². The number of aryl methyl sites for hydroxylation is 1. The molecule has 0 aliphatic carbocycles. The molecule has 118 valence electrons. The fraction of sp³-hybridized carbons (Fsp3) is 0.600. The normalized spacial score (nSPS) is 34.0. The summed E-state index contributed by atoms with van der Waals surface area (Å²) in [7, 11) is 0. The fourth-order valence-corrected chi connectivity index (χ4v) is 2.82. The van der Waals surface area contributed by atoms with Crippen LogP contribution in [0.4, 0.5) is 0 Å². The Hall–Kier alpha value is -1.02. The molecule has 0 spiro atoms. The van der Waals surface area contributed by atoms with Crippen LogP contribution in [0.3, 0.4) is 0 Å². The summed E-state index contributed by atoms with van der Waals surface area (Å²) in [6.45, 7) is 0.00940. The standard InChI is InChI=1S/C15H23NO5/c17-9-11-12(18)13(19)14(20)15(21)16(11)8-4-7-10-5-2-1-3-6-10/h1-3,5-6,11-15,17-21H,4,7-9H2/t11-,12+,13+,14-,15?/m1/s1. The summed E-state index contributed by atoms with van der Waals surface area (Å²) in [6, 6.07) is 9.06. The topological polar surface area (TPSA) is 104 Å². The number of aliphatic hydroxyl groups is 5. The summed E-state index contributed by atoms with van der Waals surface area (Å²) >= 11 is 0. The summed E-state index contributed by atoms with van der Waals surface area (Å²) < 4.78 is 0. The second-order valence-electron chi connectivity index (χ2n) is 5.46. The van der Waals surface area contributed by atoms with Gasteiger partial charge < -0.3 is 25.5 Å². The molecule has 0 bridgehead atoms. The monoisotopic (exact) mass is 297 g/mol. The third-order valence-electron chi connectivity index (χ3n) is 4.08. The smallest absolute Gasteiger partial charge is 0.136 e. The largest absolute Gasteiger partial charge is 0.395 e. The number of benzene rings is 1. The lowest BCUT2D eigenvalue weighted by Crippen LogP contribution is -2.67. The van der Waals surface area contributed by atoms with Crippen molar-refractivity contribution >= 4 is 0 Å². The Kier molecular flexibility index (Phi) is 5.69. The summed E-state index contributed by atoms with van der Waals surface area (Å²) in [4.78, 5) is 1.45. The summed E-state index contributed by atoms with van der Waals surface area (Å²) in [5, 5.41) is 48.6. The number of likely N-dealkylation sites (tertiary alicyclic amines) is 1. The van der Waals surface area contributed by atoms with E-state index < -0.39 is 37.2 Å². The Morgan fingerprint density at radius 2 is 1.57 bits per heavy atom. The van der Waals surface area contributed by atoms with Gasteiger partial charge in [-0.05, 0) is 18.4 Å². The van der Waals surface area contributed by atoms with E-state index in [2.05, 4.69) is 0 Å². The van der Waals surface area contributed by atoms with Crippen LogP contribution in [0.1, 0.15) is 12.0 Å². The molecular formula is C15H23NO5. The first kappa shape index (κ1) is 16.4. The predicted octanol–water partition coefficient (Wildman–Crippen LogP) is -1.30. The van der Waals surface area contributed by atoms with Gasteiger partial charge in [-0.2, -0.15) is 0 Å². The molecule has 0 aromatic heterocycles. The number of hydrogen-bond acceptors (Lipinski definition) is 6. The lowest BCUT2D eigenvalue weighted by atomic mass is 9.92. The second-order valence-corrected chi connectivity index (χ2v) is 5.46. The van der Waals surface area contributed by atoms with Crippen LogP contribution in [0.15, 0.2) is 30.3 Å². The van der Waals surface area contributed by atoms with Crippen molar-refractivity contribution in [1.29, 1.82) is 0 Å². The number of rotatable bonds is 5. The van der Waals surface area contributed by atoms with E-state index in [-0.39, 0.29) is 0 Å². The molecule has 0 saturated carbocycles. The Morgan fingerprint density at radius 1 is 0.905 bits per heavy atom. The molecule has 1 fully saturated rings. The Balaban J connectivity index is 1.96. The molecule has 1 aromatic rings. The van der Waals surface area contributed by atoms with Crippen molar-refractivity contribution in [2.75, 3.05) is 13.2 Å². The molecule has 0 radical (unpaired) electrons. The van der Waals surface area contributed by atoms with Crippen molar-refractivity contribution in [3.63, 3.8) is 0 Å². The lowest BCUT2D eigenvalue weighted by Gasteiger charge is -2.46. The first-order chi connectivity index (χ1) is 10.1. The Morgan fingerprint density at radius 3 is 2.19 bits per heavy atom. The molecule has 0 amide bonds. The number of hydrogen-bond donors (Lipinski definition) is 5. The molecule has 1 saturated heterocycles. The third kappa shape index (κ3) is 3.60. The highest BCUT2D eigenvalue weighted by Crippen LogP contribution is 2.23. The zero-order valence-corrected chi connectivity index (χ0v) is 11.8. The number of nitrogens with zero attached hydrogens (tertiary/aromatic N) is 1. The maximum atomic E-state index is 10.0. The summed E-state index contributed by atoms with van der Waals surface area (Å²) in [5.41, 5.74) is 1.16. The van der Waals surface area contributed by atoms with E-state index in [1.165, 1.54) is 4.90 Å². The minimum atomic E-state index is -1.46. The van der Waals surface area contributed by atoms with Crippen LogP contribution in [0, 0.1) is 0 Å². The zero-order chi connectivity index (χ0) is 15.4. The van der Waals surface area contributed by atoms with E-state index in [1.807, 2.05) is 30.3 Å². The van der Waals surface area contributed by atoms with Gasteiger partial charge in [0, 0.05) is 6.54 Å². The molecule has 5 atom stereocenters. The number of piperidine rings is 1. The van der Waals surface area contributed by atoms with Gasteiger partial charge in [-0.1, -0.05) is 30.3 Å². The predicted molar refractivity (Wildman–Crippen MR) is 76.4 cm³/mol. The highest BCUT2D eigenvalue weighted by atomic mass is 16.4. The molecule has 1 aromatic carbocycles. The molecule has 1 aliphatic rings. The molecular weight excluding hydrogens is 274 g/mol. The lowest BCUT2D eigenvalue weighted by molar-refractivity contribution is -0.222. The van der Waals surface area contributed by atoms with Crippen molar-refractivity contribution in [3.05, 3.63) is 35.9 Å². The highest BCUT2D eigenvalue weighted by Gasteiger charge is 2.46. The van der Waals surface area contributed by atoms with E-state index in [0.717, 1.165) is 12.0 Å². The summed E-state index contributed by atoms with van der Waals surface area (Å²) in [5.74, 6) is 0. The fourth-order valence-electron chi connectivity index (χ4n) is 2.82. The van der Waals surface area contributed by atoms with Crippen LogP contribution in [0.25, 0.3) is 0 Å². The molecule has 1 aliphatic heterocycles. The van der Waals surface area contributed by atoms with Gasteiger partial charge in [-0.3, -0.25) is 4.90 Å². The van der Waals surface area contributed by atoms with Crippen LogP contribution in [0.2, 0.25) is 0 Å². The van der Waals surface area contributed by atoms with E-state index in [1.54, 1.807) is 0 Å². The maximum Gasteiger partial charge on any atom is 0.136 e.